The van der Waals surface area contributed by atoms with Gasteiger partial charge in [-0.3, -0.25) is 14.8 Å². The van der Waals surface area contributed by atoms with Gasteiger partial charge in [-0.1, -0.05) is 6.92 Å². The van der Waals surface area contributed by atoms with Crippen molar-refractivity contribution >= 4 is 11.0 Å². The van der Waals surface area contributed by atoms with Crippen LogP contribution in [0.25, 0.3) is 33.5 Å². The van der Waals surface area contributed by atoms with E-state index in [1.54, 1.807) is 18.5 Å². The minimum absolute atomic E-state index is 0.271. The number of rotatable bonds is 3. The first-order valence-electron chi connectivity index (χ1n) is 9.22. The zero-order valence-corrected chi connectivity index (χ0v) is 15.6. The third-order valence-electron chi connectivity index (χ3n) is 5.44. The fourth-order valence-corrected chi connectivity index (χ4v) is 3.64. The molecule has 0 saturated carbocycles. The number of hydrogen-bond donors (Lipinski definition) is 1. The minimum Gasteiger partial charge on any atom is -0.367 e. The largest absolute Gasteiger partial charge is 0.367 e. The molecule has 1 N–H and O–H groups in total. The lowest BCUT2D eigenvalue weighted by molar-refractivity contribution is -0.0811. The zero-order valence-electron chi connectivity index (χ0n) is 15.6. The summed E-state index contributed by atoms with van der Waals surface area (Å²) >= 11 is 0. The van der Waals surface area contributed by atoms with Crippen LogP contribution in [0.3, 0.4) is 0 Å². The molecule has 0 radical (unpaired) electrons. The molecule has 0 spiro atoms. The number of fused-ring (bicyclic) bond motifs is 2. The Labute approximate surface area is 160 Å². The number of nitrogens with one attached hydrogen (secondary N) is 1. The average Bonchev–Trinajstić information content (AvgIpc) is 3.32. The van der Waals surface area contributed by atoms with Crippen molar-refractivity contribution in [2.24, 2.45) is 0 Å². The number of hydrogen-bond acceptors (Lipinski definition) is 5. The molecule has 142 valence electrons. The Morgan fingerprint density at radius 2 is 2.14 bits per heavy atom. The maximum absolute atomic E-state index is 13.4. The number of halogens is 1. The van der Waals surface area contributed by atoms with Crippen LogP contribution in [0.4, 0.5) is 4.39 Å². The van der Waals surface area contributed by atoms with Crippen molar-refractivity contribution in [2.75, 3.05) is 0 Å². The first kappa shape index (κ1) is 17.0. The van der Waals surface area contributed by atoms with Gasteiger partial charge in [0.2, 0.25) is 0 Å². The van der Waals surface area contributed by atoms with Gasteiger partial charge < -0.3 is 4.74 Å². The zero-order chi connectivity index (χ0) is 19.3. The molecule has 0 bridgehead atoms. The Balaban J connectivity index is 1.77. The summed E-state index contributed by atoms with van der Waals surface area (Å²) < 4.78 is 21.6. The van der Waals surface area contributed by atoms with Crippen LogP contribution in [0, 0.1) is 5.82 Å². The molecule has 0 aliphatic carbocycles. The maximum atomic E-state index is 13.4. The summed E-state index contributed by atoms with van der Waals surface area (Å²) in [6.45, 7) is 5.28. The molecular weight excluding hydrogens is 359 g/mol. The number of nitrogens with zero attached hydrogens (tertiary/aromatic N) is 5. The van der Waals surface area contributed by atoms with Gasteiger partial charge in [0.05, 0.1) is 42.5 Å². The second-order valence-electron chi connectivity index (χ2n) is 7.27. The molecule has 0 fully saturated rings. The Morgan fingerprint density at radius 1 is 1.25 bits per heavy atom. The van der Waals surface area contributed by atoms with E-state index in [1.165, 1.54) is 12.3 Å². The summed E-state index contributed by atoms with van der Waals surface area (Å²) in [7, 11) is 0. The van der Waals surface area contributed by atoms with Gasteiger partial charge in [-0.15, -0.1) is 0 Å². The monoisotopic (exact) mass is 378 g/mol. The van der Waals surface area contributed by atoms with E-state index in [2.05, 4.69) is 34.0 Å². The standard InChI is InChI=1S/C20H19FN6O/c1-3-20(2)11-27-16(10-28-20)17(13-6-7-22-19-14(13)9-24-25-19)18(26-27)15-5-4-12(21)8-23-15/h4-9H,3,10-11H2,1-2H3,(H,22,24,25). The van der Waals surface area contributed by atoms with Gasteiger partial charge in [-0.2, -0.15) is 10.2 Å². The lowest BCUT2D eigenvalue weighted by Crippen LogP contribution is -2.38. The molecule has 0 aromatic carbocycles. The summed E-state index contributed by atoms with van der Waals surface area (Å²) in [6, 6.07) is 4.99. The number of ether oxygens (including phenoxy) is 1. The smallest absolute Gasteiger partial charge is 0.155 e. The Morgan fingerprint density at radius 3 is 2.93 bits per heavy atom. The molecule has 4 aromatic rings. The van der Waals surface area contributed by atoms with Crippen molar-refractivity contribution in [3.63, 3.8) is 0 Å². The van der Waals surface area contributed by atoms with E-state index in [9.17, 15) is 4.39 Å². The summed E-state index contributed by atoms with van der Waals surface area (Å²) in [5, 5.41) is 12.8. The molecule has 0 amide bonds. The van der Waals surface area contributed by atoms with Gasteiger partial charge in [-0.05, 0) is 31.5 Å². The summed E-state index contributed by atoms with van der Waals surface area (Å²) in [5.74, 6) is -0.377. The van der Waals surface area contributed by atoms with Gasteiger partial charge in [0.1, 0.15) is 11.5 Å². The van der Waals surface area contributed by atoms with Crippen LogP contribution >= 0.6 is 0 Å². The molecule has 1 unspecified atom stereocenters. The second kappa shape index (κ2) is 6.20. The van der Waals surface area contributed by atoms with Crippen LogP contribution in [-0.2, 0) is 17.9 Å². The molecule has 7 nitrogen and oxygen atoms in total. The number of H-pyrrole nitrogens is 1. The van der Waals surface area contributed by atoms with Crippen molar-refractivity contribution in [3.8, 4) is 22.5 Å². The lowest BCUT2D eigenvalue weighted by atomic mass is 9.97. The van der Waals surface area contributed by atoms with Crippen molar-refractivity contribution in [1.29, 1.82) is 0 Å². The lowest BCUT2D eigenvalue weighted by Gasteiger charge is -2.33. The molecule has 4 aromatic heterocycles. The number of aromatic amines is 1. The molecule has 1 aliphatic rings. The molecule has 1 aliphatic heterocycles. The predicted molar refractivity (Wildman–Crippen MR) is 102 cm³/mol. The van der Waals surface area contributed by atoms with Crippen molar-refractivity contribution in [2.45, 2.75) is 39.0 Å². The highest BCUT2D eigenvalue weighted by Crippen LogP contribution is 2.40. The van der Waals surface area contributed by atoms with Crippen LogP contribution in [0.5, 0.6) is 0 Å². The predicted octanol–water partition coefficient (Wildman–Crippen LogP) is 3.72. The van der Waals surface area contributed by atoms with E-state index in [0.29, 0.717) is 30.2 Å². The Bertz CT molecular complexity index is 1170. The van der Waals surface area contributed by atoms with E-state index >= 15 is 0 Å². The fourth-order valence-electron chi connectivity index (χ4n) is 3.64. The Hall–Kier alpha value is -3.13. The SMILES string of the molecule is CCC1(C)Cn2nc(-c3ccc(F)cn3)c(-c3ccnc4[nH]ncc34)c2CO1. The highest BCUT2D eigenvalue weighted by Gasteiger charge is 2.34. The molecule has 5 heterocycles. The second-order valence-corrected chi connectivity index (χ2v) is 7.27. The first-order valence-corrected chi connectivity index (χ1v) is 9.22. The molecule has 0 saturated heterocycles. The van der Waals surface area contributed by atoms with Gasteiger partial charge in [0.25, 0.3) is 0 Å². The van der Waals surface area contributed by atoms with Gasteiger partial charge >= 0.3 is 0 Å². The third-order valence-corrected chi connectivity index (χ3v) is 5.44. The third kappa shape index (κ3) is 2.60. The fraction of sp³-hybridized carbons (Fsp3) is 0.300. The van der Waals surface area contributed by atoms with E-state index in [1.807, 2.05) is 10.7 Å². The van der Waals surface area contributed by atoms with Crippen LogP contribution in [-0.4, -0.2) is 35.5 Å². The summed E-state index contributed by atoms with van der Waals surface area (Å²) in [4.78, 5) is 8.60. The summed E-state index contributed by atoms with van der Waals surface area (Å²) in [5.41, 5.74) is 4.59. The van der Waals surface area contributed by atoms with Crippen LogP contribution in [0.1, 0.15) is 26.0 Å². The molecule has 28 heavy (non-hydrogen) atoms. The highest BCUT2D eigenvalue weighted by molar-refractivity contribution is 5.97. The van der Waals surface area contributed by atoms with E-state index in [4.69, 9.17) is 9.84 Å². The average molecular weight is 378 g/mol. The van der Waals surface area contributed by atoms with Crippen molar-refractivity contribution in [3.05, 3.63) is 48.3 Å². The van der Waals surface area contributed by atoms with Crippen LogP contribution in [0.15, 0.2) is 36.8 Å². The first-order chi connectivity index (χ1) is 13.6. The topological polar surface area (TPSA) is 81.5 Å². The quantitative estimate of drug-likeness (QED) is 0.588. The number of pyridine rings is 2. The highest BCUT2D eigenvalue weighted by atomic mass is 19.1. The van der Waals surface area contributed by atoms with Gasteiger partial charge in [-0.25, -0.2) is 9.37 Å². The van der Waals surface area contributed by atoms with Crippen molar-refractivity contribution in [1.82, 2.24) is 29.9 Å². The molecule has 5 rings (SSSR count). The molecule has 1 atom stereocenters. The minimum atomic E-state index is -0.377. The number of aromatic nitrogens is 6. The van der Waals surface area contributed by atoms with Crippen molar-refractivity contribution < 1.29 is 9.13 Å². The van der Waals surface area contributed by atoms with Gasteiger partial charge in [0.15, 0.2) is 5.65 Å². The van der Waals surface area contributed by atoms with E-state index in [0.717, 1.165) is 28.6 Å². The van der Waals surface area contributed by atoms with Crippen LogP contribution in [0.2, 0.25) is 0 Å². The Kier molecular flexibility index (Phi) is 3.77. The van der Waals surface area contributed by atoms with E-state index in [-0.39, 0.29) is 11.4 Å². The van der Waals surface area contributed by atoms with E-state index < -0.39 is 0 Å². The molecule has 8 heteroatoms. The maximum Gasteiger partial charge on any atom is 0.155 e. The van der Waals surface area contributed by atoms with Crippen LogP contribution < -0.4 is 0 Å². The molecular formula is C20H19FN6O. The summed E-state index contributed by atoms with van der Waals surface area (Å²) in [6.07, 6.45) is 5.59. The normalized spacial score (nSPS) is 19.1. The van der Waals surface area contributed by atoms with Gasteiger partial charge in [0, 0.05) is 22.7 Å².